The van der Waals surface area contributed by atoms with Crippen molar-refractivity contribution in [2.75, 3.05) is 13.7 Å². The molecule has 0 saturated carbocycles. The number of amides is 1. The molecule has 4 heteroatoms. The van der Waals surface area contributed by atoms with Crippen molar-refractivity contribution in [3.05, 3.63) is 42.5 Å². The van der Waals surface area contributed by atoms with Crippen molar-refractivity contribution in [1.29, 1.82) is 0 Å². The molecule has 1 fully saturated rings. The number of carbonyl (C=O) groups excluding carboxylic acids is 1. The van der Waals surface area contributed by atoms with Gasteiger partial charge in [-0.15, -0.1) is 6.58 Å². The molecule has 1 amide bonds. The van der Waals surface area contributed by atoms with E-state index in [0.29, 0.717) is 19.4 Å². The van der Waals surface area contributed by atoms with Crippen molar-refractivity contribution >= 4 is 5.91 Å². The van der Waals surface area contributed by atoms with Gasteiger partial charge in [0.1, 0.15) is 5.75 Å². The van der Waals surface area contributed by atoms with Crippen LogP contribution in [-0.2, 0) is 4.79 Å². The molecule has 1 aromatic rings. The fourth-order valence-corrected chi connectivity index (χ4v) is 2.82. The number of rotatable bonds is 6. The van der Waals surface area contributed by atoms with Crippen molar-refractivity contribution < 1.29 is 14.6 Å². The van der Waals surface area contributed by atoms with E-state index in [0.717, 1.165) is 11.3 Å². The Morgan fingerprint density at radius 2 is 2.14 bits per heavy atom. The first-order valence-corrected chi connectivity index (χ1v) is 7.29. The zero-order chi connectivity index (χ0) is 15.4. The number of nitrogens with zero attached hydrogens (tertiary/aromatic N) is 1. The van der Waals surface area contributed by atoms with Crippen LogP contribution in [0.4, 0.5) is 0 Å². The molecule has 0 aromatic heterocycles. The number of hydrogen-bond acceptors (Lipinski definition) is 3. The van der Waals surface area contributed by atoms with Gasteiger partial charge in [-0.2, -0.15) is 0 Å². The first-order chi connectivity index (χ1) is 10.1. The summed E-state index contributed by atoms with van der Waals surface area (Å²) in [5, 5.41) is 10.0. The van der Waals surface area contributed by atoms with E-state index in [1.807, 2.05) is 36.1 Å². The van der Waals surface area contributed by atoms with Crippen molar-refractivity contribution in [3.63, 3.8) is 0 Å². The molecule has 1 aliphatic heterocycles. The fraction of sp³-hybridized carbons (Fsp3) is 0.471. The van der Waals surface area contributed by atoms with Gasteiger partial charge in [-0.3, -0.25) is 4.79 Å². The Bertz CT molecular complexity index is 497. The maximum Gasteiger partial charge on any atom is 0.223 e. The number of carbonyl (C=O) groups is 1. The van der Waals surface area contributed by atoms with Crippen LogP contribution in [0, 0.1) is 5.92 Å². The van der Waals surface area contributed by atoms with E-state index in [-0.39, 0.29) is 17.9 Å². The second-order valence-corrected chi connectivity index (χ2v) is 5.55. The third-order valence-electron chi connectivity index (χ3n) is 4.21. The summed E-state index contributed by atoms with van der Waals surface area (Å²) < 4.78 is 5.15. The third-order valence-corrected chi connectivity index (χ3v) is 4.21. The van der Waals surface area contributed by atoms with Crippen molar-refractivity contribution in [2.45, 2.75) is 31.9 Å². The van der Waals surface area contributed by atoms with E-state index in [1.54, 1.807) is 13.2 Å². The van der Waals surface area contributed by atoms with E-state index in [4.69, 9.17) is 4.74 Å². The average Bonchev–Trinajstić information content (AvgIpc) is 2.89. The van der Waals surface area contributed by atoms with Crippen LogP contribution in [0.2, 0.25) is 0 Å². The molecular weight excluding hydrogens is 266 g/mol. The minimum absolute atomic E-state index is 0.00352. The fourth-order valence-electron chi connectivity index (χ4n) is 2.82. The molecule has 1 aliphatic rings. The number of benzene rings is 1. The van der Waals surface area contributed by atoms with Gasteiger partial charge in [-0.25, -0.2) is 0 Å². The smallest absolute Gasteiger partial charge is 0.223 e. The molecule has 21 heavy (non-hydrogen) atoms. The van der Waals surface area contributed by atoms with Crippen LogP contribution in [0.1, 0.15) is 31.4 Å². The van der Waals surface area contributed by atoms with Crippen LogP contribution in [0.5, 0.6) is 5.75 Å². The van der Waals surface area contributed by atoms with Gasteiger partial charge in [0.2, 0.25) is 5.91 Å². The molecule has 1 aromatic carbocycles. The number of ether oxygens (including phenoxy) is 1. The van der Waals surface area contributed by atoms with Crippen LogP contribution in [0.3, 0.4) is 0 Å². The summed E-state index contributed by atoms with van der Waals surface area (Å²) in [4.78, 5) is 14.0. The van der Waals surface area contributed by atoms with E-state index in [9.17, 15) is 9.90 Å². The molecule has 1 N–H and O–H groups in total. The zero-order valence-electron chi connectivity index (χ0n) is 12.7. The lowest BCUT2D eigenvalue weighted by atomic mass is 9.99. The average molecular weight is 289 g/mol. The van der Waals surface area contributed by atoms with Gasteiger partial charge in [0.15, 0.2) is 0 Å². The predicted octanol–water partition coefficient (Wildman–Crippen LogP) is 2.54. The Hall–Kier alpha value is -1.81. The molecule has 0 radical (unpaired) electrons. The Balaban J connectivity index is 2.06. The van der Waals surface area contributed by atoms with Crippen molar-refractivity contribution in [2.24, 2.45) is 5.92 Å². The zero-order valence-corrected chi connectivity index (χ0v) is 12.7. The standard InChI is InChI=1S/C17H23NO3/c1-4-5-16(19)14-10-17(20)18(11-14)12(2)13-6-8-15(21-3)9-7-13/h4,6-9,12,14,16,19H,1,5,10-11H2,2-3H3/t12-,14?,16-/m1/s1. The lowest BCUT2D eigenvalue weighted by Gasteiger charge is -2.26. The van der Waals surface area contributed by atoms with Crippen molar-refractivity contribution in [1.82, 2.24) is 4.90 Å². The van der Waals surface area contributed by atoms with Crippen LogP contribution >= 0.6 is 0 Å². The van der Waals surface area contributed by atoms with Crippen molar-refractivity contribution in [3.8, 4) is 5.75 Å². The van der Waals surface area contributed by atoms with Crippen LogP contribution in [-0.4, -0.2) is 35.7 Å². The number of aliphatic hydroxyl groups excluding tert-OH is 1. The van der Waals surface area contributed by atoms with Gasteiger partial charge >= 0.3 is 0 Å². The van der Waals surface area contributed by atoms with Crippen LogP contribution in [0.25, 0.3) is 0 Å². The highest BCUT2D eigenvalue weighted by atomic mass is 16.5. The van der Waals surface area contributed by atoms with Gasteiger partial charge < -0.3 is 14.7 Å². The molecule has 0 bridgehead atoms. The Kier molecular flexibility index (Phi) is 5.02. The monoisotopic (exact) mass is 289 g/mol. The third kappa shape index (κ3) is 3.45. The lowest BCUT2D eigenvalue weighted by Crippen LogP contribution is -2.30. The number of aliphatic hydroxyl groups is 1. The molecular formula is C17H23NO3. The van der Waals surface area contributed by atoms with Crippen LogP contribution in [0.15, 0.2) is 36.9 Å². The summed E-state index contributed by atoms with van der Waals surface area (Å²) in [6.45, 7) is 6.25. The highest BCUT2D eigenvalue weighted by molar-refractivity contribution is 5.79. The van der Waals surface area contributed by atoms with Gasteiger partial charge in [-0.1, -0.05) is 18.2 Å². The van der Waals surface area contributed by atoms with Gasteiger partial charge in [0.05, 0.1) is 19.3 Å². The molecule has 1 unspecified atom stereocenters. The number of hydrogen-bond donors (Lipinski definition) is 1. The summed E-state index contributed by atoms with van der Waals surface area (Å²) in [7, 11) is 1.63. The molecule has 2 rings (SSSR count). The minimum atomic E-state index is -0.487. The molecule has 114 valence electrons. The minimum Gasteiger partial charge on any atom is -0.497 e. The topological polar surface area (TPSA) is 49.8 Å². The summed E-state index contributed by atoms with van der Waals surface area (Å²) in [5.41, 5.74) is 1.07. The summed E-state index contributed by atoms with van der Waals surface area (Å²) >= 11 is 0. The Morgan fingerprint density at radius 3 is 2.71 bits per heavy atom. The van der Waals surface area contributed by atoms with E-state index in [2.05, 4.69) is 6.58 Å². The Labute approximate surface area is 126 Å². The highest BCUT2D eigenvalue weighted by Crippen LogP contribution is 2.31. The predicted molar refractivity (Wildman–Crippen MR) is 82.0 cm³/mol. The maximum absolute atomic E-state index is 12.2. The quantitative estimate of drug-likeness (QED) is 0.819. The van der Waals surface area contributed by atoms with Gasteiger partial charge in [0.25, 0.3) is 0 Å². The van der Waals surface area contributed by atoms with Gasteiger partial charge in [0, 0.05) is 18.9 Å². The summed E-state index contributed by atoms with van der Waals surface area (Å²) in [5.74, 6) is 0.903. The molecule has 4 nitrogen and oxygen atoms in total. The Morgan fingerprint density at radius 1 is 1.48 bits per heavy atom. The van der Waals surface area contributed by atoms with E-state index in [1.165, 1.54) is 0 Å². The lowest BCUT2D eigenvalue weighted by molar-refractivity contribution is -0.129. The molecule has 1 saturated heterocycles. The van der Waals surface area contributed by atoms with Gasteiger partial charge in [-0.05, 0) is 31.0 Å². The molecule has 0 aliphatic carbocycles. The number of methoxy groups -OCH3 is 1. The second-order valence-electron chi connectivity index (χ2n) is 5.55. The van der Waals surface area contributed by atoms with Crippen LogP contribution < -0.4 is 4.74 Å². The van der Waals surface area contributed by atoms with E-state index < -0.39 is 6.10 Å². The van der Waals surface area contributed by atoms with E-state index >= 15 is 0 Å². The normalized spacial score (nSPS) is 21.2. The molecule has 0 spiro atoms. The second kappa shape index (κ2) is 6.76. The SMILES string of the molecule is C=CC[C@@H](O)C1CC(=O)N([C@H](C)c2ccc(OC)cc2)C1. The molecule has 1 heterocycles. The summed E-state index contributed by atoms with van der Waals surface area (Å²) in [6, 6.07) is 7.76. The summed E-state index contributed by atoms with van der Waals surface area (Å²) in [6.07, 6.45) is 2.16. The highest BCUT2D eigenvalue weighted by Gasteiger charge is 2.36. The first-order valence-electron chi connectivity index (χ1n) is 7.29. The largest absolute Gasteiger partial charge is 0.497 e. The molecule has 3 atom stereocenters. The maximum atomic E-state index is 12.2. The first kappa shape index (κ1) is 15.6. The number of likely N-dealkylation sites (tertiary alicyclic amines) is 1.